The first-order chi connectivity index (χ1) is 8.08. The molecule has 92 valence electrons. The van der Waals surface area contributed by atoms with Crippen molar-refractivity contribution in [3.05, 3.63) is 36.1 Å². The summed E-state index contributed by atoms with van der Waals surface area (Å²) in [5.41, 5.74) is 6.75. The van der Waals surface area contributed by atoms with Crippen molar-refractivity contribution in [1.82, 2.24) is 0 Å². The summed E-state index contributed by atoms with van der Waals surface area (Å²) < 4.78 is 5.60. The number of para-hydroxylation sites is 1. The van der Waals surface area contributed by atoms with Crippen LogP contribution in [0.5, 0.6) is 0 Å². The summed E-state index contributed by atoms with van der Waals surface area (Å²) >= 11 is 0. The van der Waals surface area contributed by atoms with Gasteiger partial charge in [0.15, 0.2) is 0 Å². The highest BCUT2D eigenvalue weighted by Gasteiger charge is 2.21. The number of hydrogen-bond acceptors (Lipinski definition) is 3. The monoisotopic (exact) mass is 233 g/mol. The Bertz CT molecular complexity index is 457. The van der Waals surface area contributed by atoms with Crippen molar-refractivity contribution < 1.29 is 9.52 Å². The second kappa shape index (κ2) is 4.90. The van der Waals surface area contributed by atoms with Crippen molar-refractivity contribution in [3.8, 4) is 0 Å². The molecule has 3 nitrogen and oxygen atoms in total. The van der Waals surface area contributed by atoms with Gasteiger partial charge in [0, 0.05) is 11.4 Å². The second-order valence-corrected chi connectivity index (χ2v) is 4.92. The molecule has 0 radical (unpaired) electrons. The van der Waals surface area contributed by atoms with Gasteiger partial charge in [-0.25, -0.2) is 0 Å². The fourth-order valence-corrected chi connectivity index (χ4v) is 2.03. The number of aliphatic hydroxyl groups is 1. The smallest absolute Gasteiger partial charge is 0.135 e. The van der Waals surface area contributed by atoms with Crippen LogP contribution in [0.3, 0.4) is 0 Å². The highest BCUT2D eigenvalue weighted by Crippen LogP contribution is 2.26. The van der Waals surface area contributed by atoms with E-state index in [1.165, 1.54) is 0 Å². The predicted octanol–water partition coefficient (Wildman–Crippen LogP) is 2.84. The van der Waals surface area contributed by atoms with E-state index >= 15 is 0 Å². The number of rotatable bonds is 4. The van der Waals surface area contributed by atoms with E-state index < -0.39 is 6.10 Å². The molecule has 0 aliphatic rings. The van der Waals surface area contributed by atoms with Gasteiger partial charge < -0.3 is 15.3 Å². The molecule has 1 heterocycles. The highest BCUT2D eigenvalue weighted by molar-refractivity contribution is 5.77. The van der Waals surface area contributed by atoms with Crippen molar-refractivity contribution in [2.45, 2.75) is 32.4 Å². The van der Waals surface area contributed by atoms with E-state index in [1.807, 2.05) is 30.3 Å². The SMILES string of the molecule is CC(C)CC(N)C(O)c1cc2ccccc2o1. The Morgan fingerprint density at radius 3 is 2.65 bits per heavy atom. The summed E-state index contributed by atoms with van der Waals surface area (Å²) in [6.07, 6.45) is 0.0443. The van der Waals surface area contributed by atoms with E-state index in [2.05, 4.69) is 13.8 Å². The van der Waals surface area contributed by atoms with Crippen LogP contribution in [-0.4, -0.2) is 11.1 Å². The van der Waals surface area contributed by atoms with Crippen LogP contribution in [0.2, 0.25) is 0 Å². The molecule has 2 aromatic rings. The van der Waals surface area contributed by atoms with E-state index in [0.29, 0.717) is 11.7 Å². The molecule has 0 aliphatic carbocycles. The lowest BCUT2D eigenvalue weighted by Crippen LogP contribution is -2.29. The first kappa shape index (κ1) is 12.1. The number of nitrogens with two attached hydrogens (primary N) is 1. The summed E-state index contributed by atoms with van der Waals surface area (Å²) in [7, 11) is 0. The maximum atomic E-state index is 10.1. The number of benzene rings is 1. The Kier molecular flexibility index (Phi) is 3.50. The summed E-state index contributed by atoms with van der Waals surface area (Å²) in [6, 6.07) is 9.29. The van der Waals surface area contributed by atoms with Gasteiger partial charge in [-0.05, 0) is 24.5 Å². The second-order valence-electron chi connectivity index (χ2n) is 4.92. The summed E-state index contributed by atoms with van der Waals surface area (Å²) in [5.74, 6) is 1.02. The molecule has 0 spiro atoms. The number of fused-ring (bicyclic) bond motifs is 1. The standard InChI is InChI=1S/C14H19NO2/c1-9(2)7-11(15)14(16)13-8-10-5-3-4-6-12(10)17-13/h3-6,8-9,11,14,16H,7,15H2,1-2H3. The quantitative estimate of drug-likeness (QED) is 0.853. The molecule has 2 atom stereocenters. The van der Waals surface area contributed by atoms with Crippen molar-refractivity contribution in [2.75, 3.05) is 0 Å². The van der Waals surface area contributed by atoms with Crippen LogP contribution >= 0.6 is 0 Å². The van der Waals surface area contributed by atoms with Crippen LogP contribution in [0.4, 0.5) is 0 Å². The highest BCUT2D eigenvalue weighted by atomic mass is 16.4. The van der Waals surface area contributed by atoms with Crippen molar-refractivity contribution in [3.63, 3.8) is 0 Å². The molecule has 0 bridgehead atoms. The molecule has 1 aromatic carbocycles. The van der Waals surface area contributed by atoms with Gasteiger partial charge in [-0.15, -0.1) is 0 Å². The van der Waals surface area contributed by atoms with E-state index in [1.54, 1.807) is 0 Å². The van der Waals surface area contributed by atoms with Crippen molar-refractivity contribution >= 4 is 11.0 Å². The van der Waals surface area contributed by atoms with Gasteiger partial charge in [0.25, 0.3) is 0 Å². The number of hydrogen-bond donors (Lipinski definition) is 2. The fraction of sp³-hybridized carbons (Fsp3) is 0.429. The Balaban J connectivity index is 2.21. The first-order valence-electron chi connectivity index (χ1n) is 6.00. The van der Waals surface area contributed by atoms with Gasteiger partial charge >= 0.3 is 0 Å². The molecule has 0 saturated heterocycles. The summed E-state index contributed by atoms with van der Waals surface area (Å²) in [5, 5.41) is 11.1. The van der Waals surface area contributed by atoms with Crippen molar-refractivity contribution in [2.24, 2.45) is 11.7 Å². The molecular weight excluding hydrogens is 214 g/mol. The zero-order chi connectivity index (χ0) is 12.4. The van der Waals surface area contributed by atoms with Crippen LogP contribution in [0, 0.1) is 5.92 Å². The van der Waals surface area contributed by atoms with E-state index in [-0.39, 0.29) is 6.04 Å². The van der Waals surface area contributed by atoms with Gasteiger partial charge in [0.2, 0.25) is 0 Å². The number of furan rings is 1. The van der Waals surface area contributed by atoms with Gasteiger partial charge in [0.05, 0.1) is 0 Å². The lowest BCUT2D eigenvalue weighted by Gasteiger charge is -2.18. The molecule has 0 amide bonds. The lowest BCUT2D eigenvalue weighted by molar-refractivity contribution is 0.114. The third kappa shape index (κ3) is 2.68. The third-order valence-corrected chi connectivity index (χ3v) is 2.89. The normalized spacial score (nSPS) is 15.4. The minimum absolute atomic E-state index is 0.282. The predicted molar refractivity (Wildman–Crippen MR) is 68.6 cm³/mol. The molecule has 3 N–H and O–H groups in total. The maximum absolute atomic E-state index is 10.1. The largest absolute Gasteiger partial charge is 0.458 e. The fourth-order valence-electron chi connectivity index (χ4n) is 2.03. The molecule has 0 saturated carbocycles. The minimum atomic E-state index is -0.732. The minimum Gasteiger partial charge on any atom is -0.458 e. The maximum Gasteiger partial charge on any atom is 0.135 e. The average molecular weight is 233 g/mol. The third-order valence-electron chi connectivity index (χ3n) is 2.89. The Morgan fingerprint density at radius 1 is 1.29 bits per heavy atom. The van der Waals surface area contributed by atoms with Crippen LogP contribution in [-0.2, 0) is 0 Å². The van der Waals surface area contributed by atoms with Crippen LogP contribution in [0.15, 0.2) is 34.7 Å². The Labute approximate surface area is 101 Å². The lowest BCUT2D eigenvalue weighted by atomic mass is 9.99. The van der Waals surface area contributed by atoms with E-state index in [0.717, 1.165) is 17.4 Å². The van der Waals surface area contributed by atoms with Crippen LogP contribution < -0.4 is 5.73 Å². The summed E-state index contributed by atoms with van der Waals surface area (Å²) in [6.45, 7) is 4.18. The van der Waals surface area contributed by atoms with Gasteiger partial charge in [-0.2, -0.15) is 0 Å². The zero-order valence-electron chi connectivity index (χ0n) is 10.3. The molecule has 2 rings (SSSR count). The Morgan fingerprint density at radius 2 is 2.00 bits per heavy atom. The van der Waals surface area contributed by atoms with Gasteiger partial charge in [-0.1, -0.05) is 32.0 Å². The first-order valence-corrected chi connectivity index (χ1v) is 6.00. The van der Waals surface area contributed by atoms with E-state index in [9.17, 15) is 5.11 Å². The molecular formula is C14H19NO2. The van der Waals surface area contributed by atoms with Crippen LogP contribution in [0.1, 0.15) is 32.1 Å². The molecule has 3 heteroatoms. The molecule has 2 unspecified atom stereocenters. The summed E-state index contributed by atoms with van der Waals surface area (Å²) in [4.78, 5) is 0. The van der Waals surface area contributed by atoms with E-state index in [4.69, 9.17) is 10.2 Å². The zero-order valence-corrected chi connectivity index (χ0v) is 10.3. The Hall–Kier alpha value is -1.32. The van der Waals surface area contributed by atoms with Gasteiger partial charge in [-0.3, -0.25) is 0 Å². The molecule has 17 heavy (non-hydrogen) atoms. The van der Waals surface area contributed by atoms with Gasteiger partial charge in [0.1, 0.15) is 17.4 Å². The molecule has 0 fully saturated rings. The average Bonchev–Trinajstić information content (AvgIpc) is 2.70. The van der Waals surface area contributed by atoms with Crippen LogP contribution in [0.25, 0.3) is 11.0 Å². The molecule has 1 aromatic heterocycles. The van der Waals surface area contributed by atoms with Crippen molar-refractivity contribution in [1.29, 1.82) is 0 Å². The molecule has 0 aliphatic heterocycles. The topological polar surface area (TPSA) is 59.4 Å². The number of aliphatic hydroxyl groups excluding tert-OH is 1.